The lowest BCUT2D eigenvalue weighted by Gasteiger charge is -2.31. The molecule has 1 aromatic rings. The molecule has 0 radical (unpaired) electrons. The van der Waals surface area contributed by atoms with Crippen molar-refractivity contribution in [3.8, 4) is 5.75 Å². The van der Waals surface area contributed by atoms with Crippen molar-refractivity contribution in [2.75, 3.05) is 36.5 Å². The summed E-state index contributed by atoms with van der Waals surface area (Å²) in [7, 11) is 0. The van der Waals surface area contributed by atoms with Crippen molar-refractivity contribution in [3.63, 3.8) is 0 Å². The van der Waals surface area contributed by atoms with Crippen LogP contribution in [0.25, 0.3) is 0 Å². The van der Waals surface area contributed by atoms with Crippen LogP contribution in [-0.2, 0) is 0 Å². The molecule has 0 amide bonds. The second-order valence-corrected chi connectivity index (χ2v) is 3.62. The third-order valence-electron chi connectivity index (χ3n) is 2.70. The fourth-order valence-electron chi connectivity index (χ4n) is 1.96. The fraction of sp³-hybridized carbons (Fsp3) is 0.500. The largest absolute Gasteiger partial charge is 0.494 e. The molecule has 1 aliphatic heterocycles. The van der Waals surface area contributed by atoms with Crippen molar-refractivity contribution in [2.45, 2.75) is 13.8 Å². The summed E-state index contributed by atoms with van der Waals surface area (Å²) in [6, 6.07) is 6.26. The SMILES string of the molecule is CCOc1ccc2c(c1)NCCN2CC. The maximum Gasteiger partial charge on any atom is 0.121 e. The third-order valence-corrected chi connectivity index (χ3v) is 2.70. The van der Waals surface area contributed by atoms with Crippen LogP contribution in [0.3, 0.4) is 0 Å². The monoisotopic (exact) mass is 206 g/mol. The van der Waals surface area contributed by atoms with Gasteiger partial charge in [0, 0.05) is 25.7 Å². The van der Waals surface area contributed by atoms with Gasteiger partial charge in [-0.1, -0.05) is 0 Å². The topological polar surface area (TPSA) is 24.5 Å². The summed E-state index contributed by atoms with van der Waals surface area (Å²) < 4.78 is 5.48. The molecule has 1 heterocycles. The molecule has 0 saturated heterocycles. The summed E-state index contributed by atoms with van der Waals surface area (Å²) >= 11 is 0. The first-order chi connectivity index (χ1) is 7.35. The van der Waals surface area contributed by atoms with Gasteiger partial charge in [0.25, 0.3) is 0 Å². The van der Waals surface area contributed by atoms with Crippen molar-refractivity contribution in [2.24, 2.45) is 0 Å². The molecule has 0 spiro atoms. The minimum absolute atomic E-state index is 0.719. The molecular weight excluding hydrogens is 188 g/mol. The molecule has 82 valence electrons. The number of likely N-dealkylation sites (N-methyl/N-ethyl adjacent to an activating group) is 1. The lowest BCUT2D eigenvalue weighted by Crippen LogP contribution is -2.33. The van der Waals surface area contributed by atoms with Gasteiger partial charge in [-0.3, -0.25) is 0 Å². The first-order valence-electron chi connectivity index (χ1n) is 5.60. The molecule has 0 aromatic heterocycles. The molecular formula is C12H18N2O. The first kappa shape index (κ1) is 10.1. The smallest absolute Gasteiger partial charge is 0.121 e. The summed E-state index contributed by atoms with van der Waals surface area (Å²) in [6.45, 7) is 8.06. The molecule has 0 fully saturated rings. The van der Waals surface area contributed by atoms with Gasteiger partial charge < -0.3 is 15.0 Å². The zero-order valence-electron chi connectivity index (χ0n) is 9.42. The van der Waals surface area contributed by atoms with E-state index in [1.165, 1.54) is 11.4 Å². The van der Waals surface area contributed by atoms with E-state index in [1.54, 1.807) is 0 Å². The average molecular weight is 206 g/mol. The van der Waals surface area contributed by atoms with Gasteiger partial charge in [-0.2, -0.15) is 0 Å². The van der Waals surface area contributed by atoms with Gasteiger partial charge in [0.15, 0.2) is 0 Å². The van der Waals surface area contributed by atoms with Gasteiger partial charge in [-0.15, -0.1) is 0 Å². The van der Waals surface area contributed by atoms with E-state index in [4.69, 9.17) is 4.74 Å². The number of anilines is 2. The lowest BCUT2D eigenvalue weighted by molar-refractivity contribution is 0.340. The van der Waals surface area contributed by atoms with Crippen molar-refractivity contribution < 1.29 is 4.74 Å². The molecule has 15 heavy (non-hydrogen) atoms. The second kappa shape index (κ2) is 4.43. The van der Waals surface area contributed by atoms with Gasteiger partial charge in [0.05, 0.1) is 18.0 Å². The standard InChI is InChI=1S/C12H18N2O/c1-3-14-8-7-13-11-9-10(15-4-2)5-6-12(11)14/h5-6,9,13H,3-4,7-8H2,1-2H3. The van der Waals surface area contributed by atoms with Gasteiger partial charge in [0.2, 0.25) is 0 Å². The predicted octanol–water partition coefficient (Wildman–Crippen LogP) is 2.34. The molecule has 1 aliphatic rings. The third kappa shape index (κ3) is 2.01. The predicted molar refractivity (Wildman–Crippen MR) is 64.0 cm³/mol. The van der Waals surface area contributed by atoms with E-state index in [1.807, 2.05) is 13.0 Å². The summed E-state index contributed by atoms with van der Waals surface area (Å²) in [4.78, 5) is 2.38. The molecule has 2 rings (SSSR count). The van der Waals surface area contributed by atoms with Crippen LogP contribution in [0.1, 0.15) is 13.8 Å². The van der Waals surface area contributed by atoms with E-state index in [-0.39, 0.29) is 0 Å². The average Bonchev–Trinajstić information content (AvgIpc) is 2.28. The van der Waals surface area contributed by atoms with E-state index in [9.17, 15) is 0 Å². The molecule has 3 heteroatoms. The van der Waals surface area contributed by atoms with Crippen LogP contribution in [-0.4, -0.2) is 26.2 Å². The zero-order chi connectivity index (χ0) is 10.7. The van der Waals surface area contributed by atoms with Crippen LogP contribution in [0.2, 0.25) is 0 Å². The number of fused-ring (bicyclic) bond motifs is 1. The summed E-state index contributed by atoms with van der Waals surface area (Å²) in [5, 5.41) is 3.40. The Balaban J connectivity index is 2.27. The summed E-state index contributed by atoms with van der Waals surface area (Å²) in [5.74, 6) is 0.946. The van der Waals surface area contributed by atoms with Crippen LogP contribution >= 0.6 is 0 Å². The summed E-state index contributed by atoms with van der Waals surface area (Å²) in [5.41, 5.74) is 2.47. The quantitative estimate of drug-likeness (QED) is 0.821. The highest BCUT2D eigenvalue weighted by Crippen LogP contribution is 2.32. The molecule has 0 aliphatic carbocycles. The maximum absolute atomic E-state index is 5.48. The number of benzene rings is 1. The Bertz CT molecular complexity index is 338. The highest BCUT2D eigenvalue weighted by atomic mass is 16.5. The van der Waals surface area contributed by atoms with Crippen LogP contribution < -0.4 is 15.0 Å². The molecule has 0 bridgehead atoms. The van der Waals surface area contributed by atoms with Crippen molar-refractivity contribution in [1.82, 2.24) is 0 Å². The number of nitrogens with zero attached hydrogens (tertiary/aromatic N) is 1. The molecule has 3 nitrogen and oxygen atoms in total. The Morgan fingerprint density at radius 1 is 1.40 bits per heavy atom. The van der Waals surface area contributed by atoms with Crippen molar-refractivity contribution >= 4 is 11.4 Å². The Labute approximate surface area is 91.0 Å². The van der Waals surface area contributed by atoms with E-state index in [0.717, 1.165) is 32.0 Å². The highest BCUT2D eigenvalue weighted by molar-refractivity contribution is 5.73. The number of rotatable bonds is 3. The number of ether oxygens (including phenoxy) is 1. The van der Waals surface area contributed by atoms with Crippen LogP contribution in [0.5, 0.6) is 5.75 Å². The van der Waals surface area contributed by atoms with Gasteiger partial charge in [0.1, 0.15) is 5.75 Å². The van der Waals surface area contributed by atoms with Crippen LogP contribution in [0, 0.1) is 0 Å². The lowest BCUT2D eigenvalue weighted by atomic mass is 10.2. The Morgan fingerprint density at radius 2 is 2.27 bits per heavy atom. The van der Waals surface area contributed by atoms with Gasteiger partial charge in [-0.25, -0.2) is 0 Å². The number of nitrogens with one attached hydrogen (secondary N) is 1. The van der Waals surface area contributed by atoms with E-state index in [2.05, 4.69) is 29.3 Å². The van der Waals surface area contributed by atoms with Crippen molar-refractivity contribution in [3.05, 3.63) is 18.2 Å². The molecule has 0 unspecified atom stereocenters. The molecule has 0 atom stereocenters. The van der Waals surface area contributed by atoms with Crippen molar-refractivity contribution in [1.29, 1.82) is 0 Å². The number of hydrogen-bond acceptors (Lipinski definition) is 3. The highest BCUT2D eigenvalue weighted by Gasteiger charge is 2.14. The summed E-state index contributed by atoms with van der Waals surface area (Å²) in [6.07, 6.45) is 0. The molecule has 1 N–H and O–H groups in total. The minimum atomic E-state index is 0.719. The minimum Gasteiger partial charge on any atom is -0.494 e. The van der Waals surface area contributed by atoms with Gasteiger partial charge in [-0.05, 0) is 26.0 Å². The van der Waals surface area contributed by atoms with E-state index >= 15 is 0 Å². The number of hydrogen-bond donors (Lipinski definition) is 1. The van der Waals surface area contributed by atoms with Crippen LogP contribution in [0.15, 0.2) is 18.2 Å². The molecule has 1 aromatic carbocycles. The Hall–Kier alpha value is -1.38. The van der Waals surface area contributed by atoms with Gasteiger partial charge >= 0.3 is 0 Å². The molecule has 0 saturated carbocycles. The Morgan fingerprint density at radius 3 is 3.00 bits per heavy atom. The normalized spacial score (nSPS) is 14.4. The van der Waals surface area contributed by atoms with Crippen LogP contribution in [0.4, 0.5) is 11.4 Å². The van der Waals surface area contributed by atoms with E-state index < -0.39 is 0 Å². The van der Waals surface area contributed by atoms with E-state index in [0.29, 0.717) is 0 Å². The maximum atomic E-state index is 5.48. The zero-order valence-corrected chi connectivity index (χ0v) is 9.42. The second-order valence-electron chi connectivity index (χ2n) is 3.62. The fourth-order valence-corrected chi connectivity index (χ4v) is 1.96. The first-order valence-corrected chi connectivity index (χ1v) is 5.60. The Kier molecular flexibility index (Phi) is 2.99.